The quantitative estimate of drug-likeness (QED) is 0.695. The Morgan fingerprint density at radius 1 is 1.26 bits per heavy atom. The minimum Gasteiger partial charge on any atom is -0.383 e. The molecule has 2 aromatic rings. The molecule has 0 aliphatic carbocycles. The Morgan fingerprint density at radius 3 is 2.85 bits per heavy atom. The number of halogens is 3. The molecule has 0 saturated carbocycles. The van der Waals surface area contributed by atoms with E-state index in [1.54, 1.807) is 17.4 Å². The molecule has 1 aromatic carbocycles. The van der Waals surface area contributed by atoms with E-state index in [0.717, 1.165) is 28.1 Å². The monoisotopic (exact) mass is 378 g/mol. The number of nitrogens with one attached hydrogen (secondary N) is 2. The summed E-state index contributed by atoms with van der Waals surface area (Å²) in [5, 5.41) is 8.61. The van der Waals surface area contributed by atoms with E-state index >= 15 is 0 Å². The summed E-state index contributed by atoms with van der Waals surface area (Å²) in [5.41, 5.74) is 13.5. The Balaban J connectivity index is 1.48. The van der Waals surface area contributed by atoms with Crippen LogP contribution in [-0.2, 0) is 4.74 Å². The van der Waals surface area contributed by atoms with Crippen LogP contribution < -0.4 is 11.2 Å². The van der Waals surface area contributed by atoms with E-state index in [1.165, 1.54) is 0 Å². The first-order valence-corrected chi connectivity index (χ1v) is 8.28. The third-order valence-corrected chi connectivity index (χ3v) is 4.32. The summed E-state index contributed by atoms with van der Waals surface area (Å²) in [6.07, 6.45) is -0.831. The van der Waals surface area contributed by atoms with E-state index in [-0.39, 0.29) is 19.2 Å². The van der Waals surface area contributed by atoms with Gasteiger partial charge in [0, 0.05) is 29.1 Å². The van der Waals surface area contributed by atoms with E-state index < -0.39 is 12.8 Å². The predicted octanol–water partition coefficient (Wildman–Crippen LogP) is 2.40. The Morgan fingerprint density at radius 2 is 2.11 bits per heavy atom. The Bertz CT molecular complexity index is 891. The molecule has 10 heteroatoms. The molecule has 0 bridgehead atoms. The standard InChI is InChI=1S/C17H17F3N6O/c18-17(19,20)9-27-6-5-26-8-12-15(25-26)11-2-1-10(13-3-4-22-24-13)7-14(11)23-16(12)21/h1-4,7-8,15,25H,5-6,9H2,(H2,21,23)(H,22,24). The van der Waals surface area contributed by atoms with Crippen LogP contribution in [-0.4, -0.2) is 47.0 Å². The molecule has 4 rings (SSSR count). The highest BCUT2D eigenvalue weighted by Gasteiger charge is 2.33. The van der Waals surface area contributed by atoms with Crippen LogP contribution in [0.25, 0.3) is 11.3 Å². The molecular formula is C17H17F3N6O. The lowest BCUT2D eigenvalue weighted by Gasteiger charge is -2.24. The fourth-order valence-electron chi connectivity index (χ4n) is 3.11. The lowest BCUT2D eigenvalue weighted by atomic mass is 9.94. The summed E-state index contributed by atoms with van der Waals surface area (Å²) >= 11 is 0. The van der Waals surface area contributed by atoms with Crippen molar-refractivity contribution in [1.29, 1.82) is 0 Å². The first kappa shape index (κ1) is 17.6. The summed E-state index contributed by atoms with van der Waals surface area (Å²) in [6.45, 7) is -1.07. The summed E-state index contributed by atoms with van der Waals surface area (Å²) in [5.74, 6) is 0.373. The van der Waals surface area contributed by atoms with Crippen molar-refractivity contribution in [2.75, 3.05) is 19.8 Å². The fourth-order valence-corrected chi connectivity index (χ4v) is 3.11. The van der Waals surface area contributed by atoms with Crippen molar-refractivity contribution in [3.05, 3.63) is 47.8 Å². The number of ether oxygens (including phenoxy) is 1. The minimum atomic E-state index is -4.33. The van der Waals surface area contributed by atoms with Crippen LogP contribution in [0.3, 0.4) is 0 Å². The van der Waals surface area contributed by atoms with E-state index in [2.05, 4.69) is 25.4 Å². The molecule has 2 aliphatic rings. The van der Waals surface area contributed by atoms with Crippen LogP contribution in [0.1, 0.15) is 11.6 Å². The zero-order valence-corrected chi connectivity index (χ0v) is 14.1. The maximum absolute atomic E-state index is 12.1. The lowest BCUT2D eigenvalue weighted by molar-refractivity contribution is -0.174. The number of hydrazine groups is 1. The molecule has 27 heavy (non-hydrogen) atoms. The smallest absolute Gasteiger partial charge is 0.383 e. The number of rotatable bonds is 5. The number of aromatic amines is 1. The average Bonchev–Trinajstić information content (AvgIpc) is 3.28. The van der Waals surface area contributed by atoms with E-state index in [0.29, 0.717) is 5.84 Å². The van der Waals surface area contributed by atoms with Crippen molar-refractivity contribution >= 4 is 11.5 Å². The molecule has 0 saturated heterocycles. The zero-order chi connectivity index (χ0) is 19.0. The molecule has 2 aliphatic heterocycles. The summed E-state index contributed by atoms with van der Waals surface area (Å²) in [4.78, 5) is 4.46. The van der Waals surface area contributed by atoms with Gasteiger partial charge in [0.05, 0.1) is 30.6 Å². The Hall–Kier alpha value is -2.85. The molecular weight excluding hydrogens is 361 g/mol. The van der Waals surface area contributed by atoms with Crippen molar-refractivity contribution in [3.8, 4) is 11.3 Å². The maximum Gasteiger partial charge on any atom is 0.411 e. The van der Waals surface area contributed by atoms with E-state index in [9.17, 15) is 13.2 Å². The van der Waals surface area contributed by atoms with Gasteiger partial charge in [-0.05, 0) is 12.1 Å². The molecule has 0 spiro atoms. The average molecular weight is 378 g/mol. The van der Waals surface area contributed by atoms with Gasteiger partial charge in [0.25, 0.3) is 0 Å². The van der Waals surface area contributed by atoms with Gasteiger partial charge >= 0.3 is 6.18 Å². The molecule has 1 atom stereocenters. The van der Waals surface area contributed by atoms with Crippen LogP contribution >= 0.6 is 0 Å². The number of hydrogen-bond donors (Lipinski definition) is 3. The van der Waals surface area contributed by atoms with Crippen molar-refractivity contribution in [2.45, 2.75) is 12.2 Å². The van der Waals surface area contributed by atoms with Crippen LogP contribution in [0.2, 0.25) is 0 Å². The van der Waals surface area contributed by atoms with Crippen LogP contribution in [0, 0.1) is 0 Å². The number of hydrogen-bond acceptors (Lipinski definition) is 6. The second-order valence-corrected chi connectivity index (χ2v) is 6.24. The Kier molecular flexibility index (Phi) is 4.36. The van der Waals surface area contributed by atoms with Crippen molar-refractivity contribution in [2.24, 2.45) is 10.7 Å². The molecule has 0 amide bonds. The number of aliphatic imine (C=N–C) groups is 1. The van der Waals surface area contributed by atoms with Crippen molar-refractivity contribution in [1.82, 2.24) is 20.6 Å². The highest BCUT2D eigenvalue weighted by Crippen LogP contribution is 2.39. The predicted molar refractivity (Wildman–Crippen MR) is 92.8 cm³/mol. The number of aromatic nitrogens is 2. The van der Waals surface area contributed by atoms with Crippen LogP contribution in [0.15, 0.2) is 47.2 Å². The van der Waals surface area contributed by atoms with E-state index in [4.69, 9.17) is 5.73 Å². The largest absolute Gasteiger partial charge is 0.411 e. The zero-order valence-electron chi connectivity index (χ0n) is 14.1. The third-order valence-electron chi connectivity index (χ3n) is 4.32. The normalized spacial score (nSPS) is 18.8. The lowest BCUT2D eigenvalue weighted by Crippen LogP contribution is -2.35. The summed E-state index contributed by atoms with van der Waals surface area (Å²) in [6, 6.07) is 7.46. The number of nitrogens with zero attached hydrogens (tertiary/aromatic N) is 3. The van der Waals surface area contributed by atoms with Gasteiger partial charge in [0.2, 0.25) is 0 Å². The SMILES string of the molecule is NC1=Nc2cc(-c3cc[nH]n3)ccc2C2NN(CCOCC(F)(F)F)C=C12. The van der Waals surface area contributed by atoms with Gasteiger partial charge in [-0.1, -0.05) is 12.1 Å². The molecule has 7 nitrogen and oxygen atoms in total. The first-order chi connectivity index (χ1) is 12.9. The molecule has 1 aromatic heterocycles. The van der Waals surface area contributed by atoms with E-state index in [1.807, 2.05) is 24.3 Å². The molecule has 0 radical (unpaired) electrons. The topological polar surface area (TPSA) is 91.6 Å². The van der Waals surface area contributed by atoms with Crippen molar-refractivity contribution in [3.63, 3.8) is 0 Å². The summed E-state index contributed by atoms with van der Waals surface area (Å²) < 4.78 is 41.1. The summed E-state index contributed by atoms with van der Waals surface area (Å²) in [7, 11) is 0. The highest BCUT2D eigenvalue weighted by molar-refractivity contribution is 6.02. The number of nitrogens with two attached hydrogens (primary N) is 1. The van der Waals surface area contributed by atoms with Gasteiger partial charge in [-0.15, -0.1) is 0 Å². The molecule has 142 valence electrons. The maximum atomic E-state index is 12.1. The Labute approximate surface area is 152 Å². The number of benzene rings is 1. The van der Waals surface area contributed by atoms with Crippen molar-refractivity contribution < 1.29 is 17.9 Å². The highest BCUT2D eigenvalue weighted by atomic mass is 19.4. The van der Waals surface area contributed by atoms with Gasteiger partial charge in [0.15, 0.2) is 0 Å². The number of alkyl halides is 3. The molecule has 0 fully saturated rings. The van der Waals surface area contributed by atoms with Crippen LogP contribution in [0.4, 0.5) is 18.9 Å². The molecule has 1 unspecified atom stereocenters. The number of fused-ring (bicyclic) bond motifs is 3. The first-order valence-electron chi connectivity index (χ1n) is 8.28. The van der Waals surface area contributed by atoms with Gasteiger partial charge < -0.3 is 15.5 Å². The van der Waals surface area contributed by atoms with Gasteiger partial charge in [-0.2, -0.15) is 18.3 Å². The second kappa shape index (κ2) is 6.71. The minimum absolute atomic E-state index is 0.0645. The fraction of sp³-hybridized carbons (Fsp3) is 0.294. The van der Waals surface area contributed by atoms with Gasteiger partial charge in [0.1, 0.15) is 12.4 Å². The van der Waals surface area contributed by atoms with Gasteiger partial charge in [-0.25, -0.2) is 10.4 Å². The second-order valence-electron chi connectivity index (χ2n) is 6.24. The van der Waals surface area contributed by atoms with Gasteiger partial charge in [-0.3, -0.25) is 5.10 Å². The molecule has 4 N–H and O–H groups in total. The van der Waals surface area contributed by atoms with Crippen LogP contribution in [0.5, 0.6) is 0 Å². The third kappa shape index (κ3) is 3.67. The number of H-pyrrole nitrogens is 1. The molecule has 3 heterocycles. The number of amidine groups is 1.